The van der Waals surface area contributed by atoms with E-state index >= 15 is 0 Å². The van der Waals surface area contributed by atoms with Gasteiger partial charge < -0.3 is 4.90 Å². The Kier molecular flexibility index (Phi) is 3.89. The lowest BCUT2D eigenvalue weighted by molar-refractivity contribution is -0.115. The average molecular weight is 247 g/mol. The van der Waals surface area contributed by atoms with Gasteiger partial charge in [0, 0.05) is 16.2 Å². The van der Waals surface area contributed by atoms with Crippen molar-refractivity contribution < 1.29 is 4.79 Å². The van der Waals surface area contributed by atoms with Gasteiger partial charge in [-0.15, -0.1) is 11.8 Å². The molecule has 0 saturated carbocycles. The fourth-order valence-corrected chi connectivity index (χ4v) is 3.00. The van der Waals surface area contributed by atoms with Crippen LogP contribution in [0.2, 0.25) is 0 Å². The number of benzene rings is 1. The summed E-state index contributed by atoms with van der Waals surface area (Å²) in [5, 5.41) is 0. The normalized spacial score (nSPS) is 13.9. The summed E-state index contributed by atoms with van der Waals surface area (Å²) in [7, 11) is 0. The highest BCUT2D eigenvalue weighted by atomic mass is 32.2. The molecule has 0 aliphatic carbocycles. The minimum Gasteiger partial charge on any atom is -0.311 e. The van der Waals surface area contributed by atoms with Gasteiger partial charge in [0.05, 0.1) is 6.54 Å². The number of rotatable bonds is 5. The highest BCUT2D eigenvalue weighted by molar-refractivity contribution is 7.99. The molecular weight excluding hydrogens is 230 g/mol. The van der Waals surface area contributed by atoms with E-state index in [2.05, 4.69) is 31.7 Å². The van der Waals surface area contributed by atoms with E-state index in [1.54, 1.807) is 4.90 Å². The van der Waals surface area contributed by atoms with Crippen molar-refractivity contribution in [2.75, 3.05) is 5.75 Å². The van der Waals surface area contributed by atoms with E-state index in [1.807, 2.05) is 11.8 Å². The zero-order valence-corrected chi connectivity index (χ0v) is 10.9. The molecule has 17 heavy (non-hydrogen) atoms. The lowest BCUT2D eigenvalue weighted by Gasteiger charge is -2.07. The lowest BCUT2D eigenvalue weighted by Crippen LogP contribution is -2.11. The van der Waals surface area contributed by atoms with Crippen LogP contribution in [0.5, 0.6) is 0 Å². The molecule has 3 heteroatoms. The Hall–Kier alpha value is -1.22. The molecule has 0 fully saturated rings. The molecule has 0 bridgehead atoms. The standard InChI is InChI=1S/C14H17NOS/c1-3-4-7-17-13-5-6-14-11(2)15(10-16)9-12(14)8-13/h5-6,8,10H,2-4,7,9H2,1H3. The van der Waals surface area contributed by atoms with Crippen LogP contribution in [-0.2, 0) is 11.3 Å². The van der Waals surface area contributed by atoms with E-state index in [4.69, 9.17) is 0 Å². The molecule has 1 aliphatic heterocycles. The Morgan fingerprint density at radius 2 is 2.35 bits per heavy atom. The van der Waals surface area contributed by atoms with Gasteiger partial charge in [-0.05, 0) is 29.9 Å². The SMILES string of the molecule is C=C1c2ccc(SCCCC)cc2CN1C=O. The highest BCUT2D eigenvalue weighted by Gasteiger charge is 2.21. The second kappa shape index (κ2) is 5.41. The zero-order valence-electron chi connectivity index (χ0n) is 10.1. The van der Waals surface area contributed by atoms with Gasteiger partial charge in [0.25, 0.3) is 0 Å². The monoisotopic (exact) mass is 247 g/mol. The van der Waals surface area contributed by atoms with Crippen molar-refractivity contribution in [2.45, 2.75) is 31.2 Å². The van der Waals surface area contributed by atoms with Crippen molar-refractivity contribution in [1.82, 2.24) is 4.90 Å². The van der Waals surface area contributed by atoms with Crippen molar-refractivity contribution in [3.8, 4) is 0 Å². The first-order valence-corrected chi connectivity index (χ1v) is 6.91. The van der Waals surface area contributed by atoms with Crippen LogP contribution < -0.4 is 0 Å². The molecule has 1 aromatic carbocycles. The molecule has 0 saturated heterocycles. The Morgan fingerprint density at radius 1 is 1.53 bits per heavy atom. The fraction of sp³-hybridized carbons (Fsp3) is 0.357. The molecule has 0 spiro atoms. The van der Waals surface area contributed by atoms with Gasteiger partial charge in [-0.2, -0.15) is 0 Å². The summed E-state index contributed by atoms with van der Waals surface area (Å²) in [5.74, 6) is 1.16. The van der Waals surface area contributed by atoms with Crippen LogP contribution >= 0.6 is 11.8 Å². The van der Waals surface area contributed by atoms with E-state index in [9.17, 15) is 4.79 Å². The third-order valence-electron chi connectivity index (χ3n) is 2.97. The first-order valence-electron chi connectivity index (χ1n) is 5.93. The summed E-state index contributed by atoms with van der Waals surface area (Å²) in [6, 6.07) is 6.39. The molecule has 0 aromatic heterocycles. The number of nitrogens with zero attached hydrogens (tertiary/aromatic N) is 1. The Morgan fingerprint density at radius 3 is 3.06 bits per heavy atom. The van der Waals surface area contributed by atoms with Crippen molar-refractivity contribution in [1.29, 1.82) is 0 Å². The molecule has 1 aliphatic rings. The molecule has 0 radical (unpaired) electrons. The van der Waals surface area contributed by atoms with Crippen LogP contribution in [0.25, 0.3) is 5.70 Å². The number of amides is 1. The molecule has 1 amide bonds. The summed E-state index contributed by atoms with van der Waals surface area (Å²) in [6.07, 6.45) is 3.33. The largest absolute Gasteiger partial charge is 0.311 e. The van der Waals surface area contributed by atoms with Gasteiger partial charge >= 0.3 is 0 Å². The second-order valence-corrected chi connectivity index (χ2v) is 5.37. The van der Waals surface area contributed by atoms with Crippen LogP contribution in [0.3, 0.4) is 0 Å². The Labute approximate surface area is 107 Å². The minimum atomic E-state index is 0.667. The lowest BCUT2D eigenvalue weighted by atomic mass is 10.1. The number of hydrogen-bond acceptors (Lipinski definition) is 2. The fourth-order valence-electron chi connectivity index (χ4n) is 1.94. The number of fused-ring (bicyclic) bond motifs is 1. The molecule has 1 aromatic rings. The number of carbonyl (C=O) groups excluding carboxylic acids is 1. The van der Waals surface area contributed by atoms with E-state index in [0.29, 0.717) is 6.54 Å². The van der Waals surface area contributed by atoms with Crippen LogP contribution in [0, 0.1) is 0 Å². The second-order valence-electron chi connectivity index (χ2n) is 4.20. The maximum atomic E-state index is 10.8. The van der Waals surface area contributed by atoms with Crippen LogP contribution in [0.4, 0.5) is 0 Å². The summed E-state index contributed by atoms with van der Waals surface area (Å²) >= 11 is 1.88. The number of unbranched alkanes of at least 4 members (excludes halogenated alkanes) is 1. The predicted octanol–water partition coefficient (Wildman–Crippen LogP) is 3.52. The van der Waals surface area contributed by atoms with E-state index < -0.39 is 0 Å². The van der Waals surface area contributed by atoms with Crippen LogP contribution in [0.1, 0.15) is 30.9 Å². The van der Waals surface area contributed by atoms with Gasteiger partial charge in [-0.25, -0.2) is 0 Å². The zero-order chi connectivity index (χ0) is 12.3. The summed E-state index contributed by atoms with van der Waals surface area (Å²) in [6.45, 7) is 6.81. The smallest absolute Gasteiger partial charge is 0.214 e. The molecule has 2 rings (SSSR count). The molecule has 0 N–H and O–H groups in total. The van der Waals surface area contributed by atoms with Crippen molar-refractivity contribution in [2.24, 2.45) is 0 Å². The summed E-state index contributed by atoms with van der Waals surface area (Å²) in [5.41, 5.74) is 3.14. The number of thioether (sulfide) groups is 1. The van der Waals surface area contributed by atoms with Crippen molar-refractivity contribution >= 4 is 23.9 Å². The predicted molar refractivity (Wildman–Crippen MR) is 72.7 cm³/mol. The molecule has 0 unspecified atom stereocenters. The molecule has 1 heterocycles. The number of carbonyl (C=O) groups is 1. The highest BCUT2D eigenvalue weighted by Crippen LogP contribution is 2.33. The van der Waals surface area contributed by atoms with E-state index in [1.165, 1.54) is 23.3 Å². The van der Waals surface area contributed by atoms with Crippen LogP contribution in [-0.4, -0.2) is 17.1 Å². The Balaban J connectivity index is 2.12. The average Bonchev–Trinajstić information content (AvgIpc) is 2.66. The maximum absolute atomic E-state index is 10.8. The van der Waals surface area contributed by atoms with Crippen molar-refractivity contribution in [3.63, 3.8) is 0 Å². The molecule has 2 nitrogen and oxygen atoms in total. The van der Waals surface area contributed by atoms with Crippen LogP contribution in [0.15, 0.2) is 29.7 Å². The van der Waals surface area contributed by atoms with E-state index in [-0.39, 0.29) is 0 Å². The third kappa shape index (κ3) is 2.55. The van der Waals surface area contributed by atoms with Gasteiger partial charge in [0.15, 0.2) is 0 Å². The van der Waals surface area contributed by atoms with Gasteiger partial charge in [0.2, 0.25) is 6.41 Å². The van der Waals surface area contributed by atoms with Crippen molar-refractivity contribution in [3.05, 3.63) is 35.9 Å². The van der Waals surface area contributed by atoms with Gasteiger partial charge in [0.1, 0.15) is 0 Å². The van der Waals surface area contributed by atoms with Gasteiger partial charge in [-0.3, -0.25) is 4.79 Å². The Bertz CT molecular complexity index is 442. The molecular formula is C14H17NOS. The minimum absolute atomic E-state index is 0.667. The summed E-state index contributed by atoms with van der Waals surface area (Å²) < 4.78 is 0. The summed E-state index contributed by atoms with van der Waals surface area (Å²) in [4.78, 5) is 13.8. The molecule has 90 valence electrons. The quantitative estimate of drug-likeness (QED) is 0.451. The first-order chi connectivity index (χ1) is 8.26. The maximum Gasteiger partial charge on any atom is 0.214 e. The number of hydrogen-bond donors (Lipinski definition) is 0. The topological polar surface area (TPSA) is 20.3 Å². The molecule has 0 atom stereocenters. The first kappa shape index (κ1) is 12.2. The van der Waals surface area contributed by atoms with E-state index in [0.717, 1.165) is 23.4 Å². The van der Waals surface area contributed by atoms with Gasteiger partial charge in [-0.1, -0.05) is 26.0 Å². The third-order valence-corrected chi connectivity index (χ3v) is 4.05.